The molecule has 2 atom stereocenters. The zero-order valence-electron chi connectivity index (χ0n) is 16.0. The van der Waals surface area contributed by atoms with Gasteiger partial charge in [-0.25, -0.2) is 0 Å². The van der Waals surface area contributed by atoms with Crippen molar-refractivity contribution in [3.05, 3.63) is 78.9 Å². The van der Waals surface area contributed by atoms with E-state index in [-0.39, 0.29) is 24.3 Å². The number of fused-ring (bicyclic) bond motifs is 2. The summed E-state index contributed by atoms with van der Waals surface area (Å²) in [6.07, 6.45) is 0.255. The number of carbonyl (C=O) groups is 2. The second-order valence-electron chi connectivity index (χ2n) is 7.26. The Labute approximate surface area is 195 Å². The summed E-state index contributed by atoms with van der Waals surface area (Å²) in [4.78, 5) is 29.5. The van der Waals surface area contributed by atoms with Crippen molar-refractivity contribution in [2.24, 2.45) is 0 Å². The molecule has 3 aromatic heterocycles. The number of rotatable bonds is 5. The van der Waals surface area contributed by atoms with Gasteiger partial charge in [0.15, 0.2) is 0 Å². The molecular formula is C22H16Cl2N2O3S2. The van der Waals surface area contributed by atoms with E-state index in [9.17, 15) is 9.59 Å². The molecule has 0 saturated heterocycles. The molecule has 1 aliphatic carbocycles. The standard InChI is InChI=1S/C22H16Cl2N2O3S2/c23-18-19-16(31-21(18)24)10-15(25-19)22(28)26-14-8-11-4-1-2-6-13(11)20(14)29-17(27)9-12-5-3-7-30-12/h1-7,10,14,20,25H,8-9H2,(H,26,28)/t14-,20-/m1/s1. The topological polar surface area (TPSA) is 71.2 Å². The van der Waals surface area contributed by atoms with Gasteiger partial charge in [-0.1, -0.05) is 53.5 Å². The third kappa shape index (κ3) is 3.99. The van der Waals surface area contributed by atoms with E-state index >= 15 is 0 Å². The Balaban J connectivity index is 1.36. The number of nitrogens with one attached hydrogen (secondary N) is 2. The molecule has 2 N–H and O–H groups in total. The number of halogens is 2. The number of carbonyl (C=O) groups excluding carboxylic acids is 2. The number of amides is 1. The van der Waals surface area contributed by atoms with Gasteiger partial charge in [0, 0.05) is 4.88 Å². The molecule has 1 aliphatic rings. The van der Waals surface area contributed by atoms with Crippen LogP contribution < -0.4 is 5.32 Å². The van der Waals surface area contributed by atoms with Crippen LogP contribution in [0, 0.1) is 0 Å². The first kappa shape index (κ1) is 20.6. The lowest BCUT2D eigenvalue weighted by Crippen LogP contribution is -2.39. The molecule has 5 nitrogen and oxygen atoms in total. The summed E-state index contributed by atoms with van der Waals surface area (Å²) in [7, 11) is 0. The third-order valence-electron chi connectivity index (χ3n) is 5.26. The van der Waals surface area contributed by atoms with Crippen molar-refractivity contribution >= 4 is 68.0 Å². The number of aromatic amines is 1. The summed E-state index contributed by atoms with van der Waals surface area (Å²) in [6, 6.07) is 13.0. The molecule has 5 rings (SSSR count). The van der Waals surface area contributed by atoms with E-state index in [0.29, 0.717) is 27.0 Å². The highest BCUT2D eigenvalue weighted by Crippen LogP contribution is 2.39. The maximum atomic E-state index is 13.0. The number of ether oxygens (including phenoxy) is 1. The van der Waals surface area contributed by atoms with Crippen LogP contribution in [0.3, 0.4) is 0 Å². The van der Waals surface area contributed by atoms with Crippen molar-refractivity contribution < 1.29 is 14.3 Å². The van der Waals surface area contributed by atoms with Crippen LogP contribution in [0.4, 0.5) is 0 Å². The number of H-pyrrole nitrogens is 1. The van der Waals surface area contributed by atoms with Gasteiger partial charge in [-0.15, -0.1) is 22.7 Å². The van der Waals surface area contributed by atoms with Crippen LogP contribution in [-0.2, 0) is 22.4 Å². The predicted molar refractivity (Wildman–Crippen MR) is 124 cm³/mol. The molecule has 4 aromatic rings. The molecule has 0 aliphatic heterocycles. The SMILES string of the molecule is O=C(Cc1cccs1)O[C@@H]1c2ccccc2C[C@H]1NC(=O)c1cc2sc(Cl)c(Cl)c2[nH]1. The normalized spacial score (nSPS) is 17.6. The van der Waals surface area contributed by atoms with Crippen LogP contribution in [0.1, 0.15) is 32.6 Å². The van der Waals surface area contributed by atoms with Crippen molar-refractivity contribution in [1.29, 1.82) is 0 Å². The Morgan fingerprint density at radius 3 is 2.81 bits per heavy atom. The minimum absolute atomic E-state index is 0.211. The van der Waals surface area contributed by atoms with Crippen molar-refractivity contribution in [1.82, 2.24) is 10.3 Å². The number of aromatic nitrogens is 1. The Kier molecular flexibility index (Phi) is 5.52. The lowest BCUT2D eigenvalue weighted by molar-refractivity contribution is -0.149. The summed E-state index contributed by atoms with van der Waals surface area (Å²) >= 11 is 15.1. The Morgan fingerprint density at radius 2 is 2.03 bits per heavy atom. The van der Waals surface area contributed by atoms with Crippen LogP contribution in [-0.4, -0.2) is 22.9 Å². The largest absolute Gasteiger partial charge is 0.455 e. The second-order valence-corrected chi connectivity index (χ2v) is 10.3. The summed E-state index contributed by atoms with van der Waals surface area (Å²) in [6.45, 7) is 0. The first-order valence-electron chi connectivity index (χ1n) is 9.56. The first-order chi connectivity index (χ1) is 15.0. The third-order valence-corrected chi connectivity index (χ3v) is 8.07. The monoisotopic (exact) mass is 490 g/mol. The molecule has 158 valence electrons. The average molecular weight is 491 g/mol. The second kappa shape index (κ2) is 8.31. The van der Waals surface area contributed by atoms with E-state index < -0.39 is 6.10 Å². The van der Waals surface area contributed by atoms with E-state index in [1.807, 2.05) is 41.8 Å². The van der Waals surface area contributed by atoms with E-state index in [1.54, 1.807) is 6.07 Å². The molecule has 0 unspecified atom stereocenters. The van der Waals surface area contributed by atoms with Crippen molar-refractivity contribution in [3.8, 4) is 0 Å². The number of benzene rings is 1. The quantitative estimate of drug-likeness (QED) is 0.348. The number of esters is 1. The zero-order valence-corrected chi connectivity index (χ0v) is 19.1. The Bertz CT molecular complexity index is 1280. The maximum absolute atomic E-state index is 13.0. The molecular weight excluding hydrogens is 475 g/mol. The molecule has 31 heavy (non-hydrogen) atoms. The minimum atomic E-state index is -0.540. The number of thiophene rings is 2. The van der Waals surface area contributed by atoms with E-state index in [0.717, 1.165) is 20.7 Å². The summed E-state index contributed by atoms with van der Waals surface area (Å²) < 4.78 is 7.14. The van der Waals surface area contributed by atoms with E-state index in [4.69, 9.17) is 27.9 Å². The zero-order chi connectivity index (χ0) is 21.5. The van der Waals surface area contributed by atoms with Gasteiger partial charge >= 0.3 is 5.97 Å². The summed E-state index contributed by atoms with van der Waals surface area (Å²) in [5.74, 6) is -0.599. The molecule has 0 fully saturated rings. The summed E-state index contributed by atoms with van der Waals surface area (Å²) in [5, 5.41) is 5.36. The highest BCUT2D eigenvalue weighted by Gasteiger charge is 2.36. The van der Waals surface area contributed by atoms with Crippen LogP contribution in [0.5, 0.6) is 0 Å². The number of hydrogen-bond donors (Lipinski definition) is 2. The average Bonchev–Trinajstić information content (AvgIpc) is 3.51. The van der Waals surface area contributed by atoms with Crippen LogP contribution >= 0.6 is 45.9 Å². The smallest absolute Gasteiger partial charge is 0.311 e. The van der Waals surface area contributed by atoms with Crippen LogP contribution in [0.2, 0.25) is 9.36 Å². The summed E-state index contributed by atoms with van der Waals surface area (Å²) in [5.41, 5.74) is 3.02. The van der Waals surface area contributed by atoms with Gasteiger partial charge in [0.1, 0.15) is 16.1 Å². The Morgan fingerprint density at radius 1 is 1.19 bits per heavy atom. The van der Waals surface area contributed by atoms with Gasteiger partial charge in [0.05, 0.1) is 27.7 Å². The molecule has 1 aromatic carbocycles. The van der Waals surface area contributed by atoms with E-state index in [1.165, 1.54) is 22.7 Å². The molecule has 3 heterocycles. The van der Waals surface area contributed by atoms with Gasteiger partial charge in [0.2, 0.25) is 0 Å². The van der Waals surface area contributed by atoms with Gasteiger partial charge in [-0.3, -0.25) is 9.59 Å². The van der Waals surface area contributed by atoms with Crippen LogP contribution in [0.15, 0.2) is 47.8 Å². The molecule has 0 spiro atoms. The Hall–Kier alpha value is -2.32. The van der Waals surface area contributed by atoms with Gasteiger partial charge in [0.25, 0.3) is 5.91 Å². The van der Waals surface area contributed by atoms with E-state index in [2.05, 4.69) is 10.3 Å². The number of hydrogen-bond acceptors (Lipinski definition) is 5. The fraction of sp³-hybridized carbons (Fsp3) is 0.182. The predicted octanol–water partition coefficient (Wildman–Crippen LogP) is 5.78. The van der Waals surface area contributed by atoms with Crippen molar-refractivity contribution in [3.63, 3.8) is 0 Å². The highest BCUT2D eigenvalue weighted by atomic mass is 35.5. The van der Waals surface area contributed by atoms with Crippen molar-refractivity contribution in [2.75, 3.05) is 0 Å². The van der Waals surface area contributed by atoms with Gasteiger partial charge < -0.3 is 15.0 Å². The fourth-order valence-corrected chi connectivity index (χ4v) is 6.03. The maximum Gasteiger partial charge on any atom is 0.311 e. The minimum Gasteiger partial charge on any atom is -0.455 e. The molecule has 1 amide bonds. The lowest BCUT2D eigenvalue weighted by Gasteiger charge is -2.22. The molecule has 0 bridgehead atoms. The first-order valence-corrected chi connectivity index (χ1v) is 12.0. The highest BCUT2D eigenvalue weighted by molar-refractivity contribution is 7.23. The molecule has 0 radical (unpaired) electrons. The van der Waals surface area contributed by atoms with Crippen molar-refractivity contribution in [2.45, 2.75) is 25.0 Å². The van der Waals surface area contributed by atoms with Gasteiger partial charge in [-0.05, 0) is 35.1 Å². The molecule has 9 heteroatoms. The molecule has 0 saturated carbocycles. The fourth-order valence-electron chi connectivity index (χ4n) is 3.86. The van der Waals surface area contributed by atoms with Crippen LogP contribution in [0.25, 0.3) is 10.2 Å². The lowest BCUT2D eigenvalue weighted by atomic mass is 10.1. The van der Waals surface area contributed by atoms with Gasteiger partial charge in [-0.2, -0.15) is 0 Å².